The van der Waals surface area contributed by atoms with E-state index in [2.05, 4.69) is 45.2 Å². The Morgan fingerprint density at radius 2 is 0.756 bits per heavy atom. The van der Waals surface area contributed by atoms with Crippen LogP contribution >= 0.6 is 80.0 Å². The van der Waals surface area contributed by atoms with Crippen LogP contribution in [-0.2, 0) is 12.4 Å². The number of benzene rings is 4. The average molecular weight is 892 g/mol. The summed E-state index contributed by atoms with van der Waals surface area (Å²) >= 11 is 8.85. The predicted molar refractivity (Wildman–Crippen MR) is 185 cm³/mol. The molecule has 228 valence electrons. The molecule has 0 atom stereocenters. The standard InChI is InChI=1S/C32H16F6I2N2S3/c33-31(34,35)19-5-13-23(14-6-19)43-21-9-1-17(2-10-21)25-26(42-28-27(41-25)29(39)45-30(28)40)18-3-11-22(12-4-18)44-24-15-7-20(8-16-24)32(36,37)38/h1-16H. The van der Waals surface area contributed by atoms with Crippen LogP contribution in [0.4, 0.5) is 26.3 Å². The predicted octanol–water partition coefficient (Wildman–Crippen LogP) is 12.6. The van der Waals surface area contributed by atoms with Gasteiger partial charge < -0.3 is 0 Å². The summed E-state index contributed by atoms with van der Waals surface area (Å²) in [7, 11) is 0. The van der Waals surface area contributed by atoms with Gasteiger partial charge >= 0.3 is 12.4 Å². The maximum Gasteiger partial charge on any atom is 0.416 e. The fourth-order valence-corrected chi connectivity index (χ4v) is 9.95. The molecule has 6 aromatic rings. The first-order valence-electron chi connectivity index (χ1n) is 12.9. The van der Waals surface area contributed by atoms with Crippen molar-refractivity contribution < 1.29 is 26.3 Å². The van der Waals surface area contributed by atoms with Gasteiger partial charge in [0.25, 0.3) is 0 Å². The van der Waals surface area contributed by atoms with Gasteiger partial charge in [-0.15, -0.1) is 11.3 Å². The summed E-state index contributed by atoms with van der Waals surface area (Å²) in [6.07, 6.45) is -8.76. The third-order valence-corrected chi connectivity index (χ3v) is 11.7. The van der Waals surface area contributed by atoms with Crippen LogP contribution in [-0.4, -0.2) is 9.97 Å². The van der Waals surface area contributed by atoms with Crippen molar-refractivity contribution >= 4 is 91.1 Å². The molecule has 2 aromatic heterocycles. The van der Waals surface area contributed by atoms with E-state index in [0.29, 0.717) is 21.2 Å². The fraction of sp³-hybridized carbons (Fsp3) is 0.0625. The summed E-state index contributed by atoms with van der Waals surface area (Å²) in [5.74, 6) is 0. The molecule has 0 radical (unpaired) electrons. The Bertz CT molecular complexity index is 1830. The van der Waals surface area contributed by atoms with Crippen molar-refractivity contribution in [1.82, 2.24) is 9.97 Å². The van der Waals surface area contributed by atoms with Gasteiger partial charge in [0, 0.05) is 30.7 Å². The van der Waals surface area contributed by atoms with E-state index in [0.717, 1.165) is 62.0 Å². The Labute approximate surface area is 293 Å². The topological polar surface area (TPSA) is 25.8 Å². The molecule has 0 aliphatic heterocycles. The van der Waals surface area contributed by atoms with Crippen LogP contribution in [0.1, 0.15) is 11.1 Å². The van der Waals surface area contributed by atoms with E-state index in [1.165, 1.54) is 47.8 Å². The van der Waals surface area contributed by atoms with Crippen LogP contribution in [0, 0.1) is 5.77 Å². The molecule has 0 bridgehead atoms. The normalized spacial score (nSPS) is 12.2. The number of hydrogen-bond donors (Lipinski definition) is 0. The molecule has 0 N–H and O–H groups in total. The maximum absolute atomic E-state index is 12.9. The quantitative estimate of drug-likeness (QED) is 0.123. The molecule has 0 amide bonds. The molecule has 0 aliphatic carbocycles. The van der Waals surface area contributed by atoms with Gasteiger partial charge in [-0.05, 0) is 118 Å². The number of nitrogens with zero attached hydrogens (tertiary/aromatic N) is 2. The van der Waals surface area contributed by atoms with Gasteiger partial charge in [0.05, 0.1) is 28.3 Å². The third-order valence-electron chi connectivity index (χ3n) is 6.54. The SMILES string of the molecule is FC(F)(F)c1ccc(Sc2ccc(-c3nc4c(I)sc(I)c4nc3-c3ccc(Sc4ccc(C(F)(F)F)cc4)cc3)cc2)cc1. The largest absolute Gasteiger partial charge is 0.416 e. The van der Waals surface area contributed by atoms with Gasteiger partial charge in [-0.3, -0.25) is 0 Å². The first-order chi connectivity index (χ1) is 21.3. The first-order valence-corrected chi connectivity index (χ1v) is 17.5. The van der Waals surface area contributed by atoms with E-state index in [1.807, 2.05) is 48.5 Å². The van der Waals surface area contributed by atoms with Crippen molar-refractivity contribution in [1.29, 1.82) is 0 Å². The summed E-state index contributed by atoms with van der Waals surface area (Å²) in [5.41, 5.74) is 3.27. The minimum atomic E-state index is -4.38. The number of rotatable bonds is 6. The summed E-state index contributed by atoms with van der Waals surface area (Å²) in [5, 5.41) is 0. The van der Waals surface area contributed by atoms with E-state index >= 15 is 0 Å². The molecule has 0 saturated heterocycles. The molecule has 2 nitrogen and oxygen atoms in total. The molecule has 4 aromatic carbocycles. The fourth-order valence-electron chi connectivity index (χ4n) is 4.35. The summed E-state index contributed by atoms with van der Waals surface area (Å²) in [4.78, 5) is 13.2. The van der Waals surface area contributed by atoms with Gasteiger partial charge in [0.15, 0.2) is 0 Å². The van der Waals surface area contributed by atoms with E-state index in [9.17, 15) is 26.3 Å². The second kappa shape index (κ2) is 13.0. The maximum atomic E-state index is 12.9. The van der Waals surface area contributed by atoms with Gasteiger partial charge in [0.1, 0.15) is 11.0 Å². The number of fused-ring (bicyclic) bond motifs is 1. The molecular formula is C32H16F6I2N2S3. The van der Waals surface area contributed by atoms with Crippen LogP contribution in [0.2, 0.25) is 0 Å². The van der Waals surface area contributed by atoms with Crippen molar-refractivity contribution in [3.05, 3.63) is 114 Å². The Kier molecular flexibility index (Phi) is 9.45. The Morgan fingerprint density at radius 1 is 0.467 bits per heavy atom. The molecule has 0 unspecified atom stereocenters. The number of aromatic nitrogens is 2. The van der Waals surface area contributed by atoms with E-state index in [1.54, 1.807) is 11.3 Å². The van der Waals surface area contributed by atoms with Crippen molar-refractivity contribution in [2.45, 2.75) is 31.9 Å². The summed E-state index contributed by atoms with van der Waals surface area (Å²) in [6.45, 7) is 0. The lowest BCUT2D eigenvalue weighted by Gasteiger charge is -2.12. The highest BCUT2D eigenvalue weighted by Gasteiger charge is 2.30. The van der Waals surface area contributed by atoms with Crippen molar-refractivity contribution in [3.8, 4) is 22.5 Å². The lowest BCUT2D eigenvalue weighted by atomic mass is 10.0. The second-order valence-corrected chi connectivity index (χ2v) is 16.5. The lowest BCUT2D eigenvalue weighted by Crippen LogP contribution is -2.03. The molecule has 0 fully saturated rings. The summed E-state index contributed by atoms with van der Waals surface area (Å²) in [6, 6.07) is 25.4. The highest BCUT2D eigenvalue weighted by atomic mass is 127. The van der Waals surface area contributed by atoms with E-state index in [-0.39, 0.29) is 0 Å². The van der Waals surface area contributed by atoms with Crippen LogP contribution in [0.3, 0.4) is 0 Å². The molecule has 13 heteroatoms. The number of hydrogen-bond acceptors (Lipinski definition) is 5. The molecule has 0 spiro atoms. The number of alkyl halides is 6. The average Bonchev–Trinajstić information content (AvgIpc) is 3.29. The van der Waals surface area contributed by atoms with E-state index in [4.69, 9.17) is 9.97 Å². The molecular weight excluding hydrogens is 876 g/mol. The zero-order valence-electron chi connectivity index (χ0n) is 22.4. The monoisotopic (exact) mass is 892 g/mol. The molecule has 0 aliphatic rings. The zero-order valence-corrected chi connectivity index (χ0v) is 29.1. The lowest BCUT2D eigenvalue weighted by molar-refractivity contribution is -0.138. The molecule has 0 saturated carbocycles. The van der Waals surface area contributed by atoms with Crippen molar-refractivity contribution in [3.63, 3.8) is 0 Å². The number of halogens is 8. The van der Waals surface area contributed by atoms with Crippen LogP contribution in [0.5, 0.6) is 0 Å². The van der Waals surface area contributed by atoms with E-state index < -0.39 is 23.5 Å². The van der Waals surface area contributed by atoms with Crippen LogP contribution in [0.25, 0.3) is 33.5 Å². The van der Waals surface area contributed by atoms with Crippen LogP contribution in [0.15, 0.2) is 117 Å². The van der Waals surface area contributed by atoms with Gasteiger partial charge in [-0.2, -0.15) is 26.3 Å². The highest BCUT2D eigenvalue weighted by Crippen LogP contribution is 2.40. The van der Waals surface area contributed by atoms with Gasteiger partial charge in [-0.25, -0.2) is 9.97 Å². The summed E-state index contributed by atoms with van der Waals surface area (Å²) < 4.78 is 79.6. The third kappa shape index (κ3) is 7.47. The molecule has 2 heterocycles. The molecule has 45 heavy (non-hydrogen) atoms. The van der Waals surface area contributed by atoms with Crippen molar-refractivity contribution in [2.75, 3.05) is 0 Å². The van der Waals surface area contributed by atoms with Gasteiger partial charge in [0.2, 0.25) is 0 Å². The minimum Gasteiger partial charge on any atom is -0.242 e. The van der Waals surface area contributed by atoms with Crippen molar-refractivity contribution in [2.24, 2.45) is 0 Å². The highest BCUT2D eigenvalue weighted by molar-refractivity contribution is 14.1. The van der Waals surface area contributed by atoms with Gasteiger partial charge in [-0.1, -0.05) is 47.8 Å². The second-order valence-electron chi connectivity index (χ2n) is 9.56. The van der Waals surface area contributed by atoms with Crippen LogP contribution < -0.4 is 0 Å². The Morgan fingerprint density at radius 3 is 1.04 bits per heavy atom. The number of thiophene rings is 1. The smallest absolute Gasteiger partial charge is 0.242 e. The minimum absolute atomic E-state index is 0.684. The zero-order chi connectivity index (χ0) is 31.9. The molecule has 6 rings (SSSR count). The Balaban J connectivity index is 1.29. The first kappa shape index (κ1) is 32.6. The Hall–Kier alpha value is -2.34.